The van der Waals surface area contributed by atoms with Crippen LogP contribution in [0.4, 0.5) is 0 Å². The number of amides is 1. The van der Waals surface area contributed by atoms with Gasteiger partial charge in [-0.15, -0.1) is 0 Å². The third-order valence-corrected chi connectivity index (χ3v) is 4.20. The third kappa shape index (κ3) is 3.32. The van der Waals surface area contributed by atoms with Gasteiger partial charge >= 0.3 is 0 Å². The fourth-order valence-corrected chi connectivity index (χ4v) is 3.11. The zero-order chi connectivity index (χ0) is 13.0. The van der Waals surface area contributed by atoms with Gasteiger partial charge in [-0.2, -0.15) is 0 Å². The summed E-state index contributed by atoms with van der Waals surface area (Å²) in [5.74, 6) is 0.0631. The number of nitrogens with zero attached hydrogens (tertiary/aromatic N) is 2. The van der Waals surface area contributed by atoms with Crippen LogP contribution in [0.2, 0.25) is 0 Å². The van der Waals surface area contributed by atoms with E-state index < -0.39 is 0 Å². The van der Waals surface area contributed by atoms with Crippen LogP contribution in [0.3, 0.4) is 0 Å². The number of pyridine rings is 1. The predicted octanol–water partition coefficient (Wildman–Crippen LogP) is 3.62. The molecule has 18 heavy (non-hydrogen) atoms. The van der Waals surface area contributed by atoms with Crippen LogP contribution in [0.15, 0.2) is 22.8 Å². The van der Waals surface area contributed by atoms with E-state index in [1.807, 2.05) is 11.0 Å². The lowest BCUT2D eigenvalue weighted by Gasteiger charge is -2.35. The van der Waals surface area contributed by atoms with Crippen LogP contribution in [-0.4, -0.2) is 33.7 Å². The number of rotatable bonds is 3. The molecule has 0 aliphatic carbocycles. The normalized spacial score (nSPS) is 19.9. The molecule has 0 saturated carbocycles. The van der Waals surface area contributed by atoms with E-state index in [-0.39, 0.29) is 5.91 Å². The van der Waals surface area contributed by atoms with Crippen molar-refractivity contribution in [3.05, 3.63) is 28.5 Å². The Balaban J connectivity index is 2.12. The Hall–Kier alpha value is -0.420. The van der Waals surface area contributed by atoms with Gasteiger partial charge in [0.05, 0.1) is 0 Å². The molecule has 0 radical (unpaired) electrons. The minimum Gasteiger partial charge on any atom is -0.334 e. The second-order valence-electron chi connectivity index (χ2n) is 4.49. The number of hydrogen-bond donors (Lipinski definition) is 0. The van der Waals surface area contributed by atoms with Crippen LogP contribution in [0, 0.1) is 0 Å². The molecule has 0 N–H and O–H groups in total. The first kappa shape index (κ1) is 14.0. The van der Waals surface area contributed by atoms with E-state index in [2.05, 4.69) is 36.8 Å². The second-order valence-corrected chi connectivity index (χ2v) is 6.20. The number of alkyl halides is 1. The van der Waals surface area contributed by atoms with Crippen molar-refractivity contribution >= 4 is 37.8 Å². The molecular formula is C13H16Br2N2O. The molecule has 1 amide bonds. The van der Waals surface area contributed by atoms with E-state index in [1.165, 1.54) is 6.42 Å². The Morgan fingerprint density at radius 3 is 2.94 bits per heavy atom. The van der Waals surface area contributed by atoms with Crippen molar-refractivity contribution in [1.29, 1.82) is 0 Å². The Kier molecular flexibility index (Phi) is 5.18. The first-order valence-electron chi connectivity index (χ1n) is 6.21. The summed E-state index contributed by atoms with van der Waals surface area (Å²) < 4.78 is 0.898. The SMILES string of the molecule is O=C(c1ccc(Br)cn1)N1CCCCC1CCBr. The minimum atomic E-state index is 0.0631. The molecule has 98 valence electrons. The first-order chi connectivity index (χ1) is 8.72. The second kappa shape index (κ2) is 6.66. The lowest BCUT2D eigenvalue weighted by atomic mass is 9.99. The maximum Gasteiger partial charge on any atom is 0.272 e. The van der Waals surface area contributed by atoms with Crippen molar-refractivity contribution < 1.29 is 4.79 Å². The number of carbonyl (C=O) groups is 1. The molecule has 1 aromatic rings. The van der Waals surface area contributed by atoms with Crippen molar-refractivity contribution in [2.45, 2.75) is 31.7 Å². The average Bonchev–Trinajstić information content (AvgIpc) is 2.40. The summed E-state index contributed by atoms with van der Waals surface area (Å²) in [6, 6.07) is 4.01. The maximum atomic E-state index is 12.4. The standard InChI is InChI=1S/C13H16Br2N2O/c14-7-6-11-3-1-2-8-17(11)13(18)12-5-4-10(15)9-16-12/h4-5,9,11H,1-3,6-8H2. The van der Waals surface area contributed by atoms with Crippen molar-refractivity contribution in [3.8, 4) is 0 Å². The fourth-order valence-electron chi connectivity index (χ4n) is 2.34. The van der Waals surface area contributed by atoms with E-state index >= 15 is 0 Å². The molecule has 0 aromatic carbocycles. The first-order valence-corrected chi connectivity index (χ1v) is 8.12. The summed E-state index contributed by atoms with van der Waals surface area (Å²) in [7, 11) is 0. The molecule has 1 aliphatic rings. The third-order valence-electron chi connectivity index (χ3n) is 3.28. The highest BCUT2D eigenvalue weighted by atomic mass is 79.9. The van der Waals surface area contributed by atoms with Crippen LogP contribution in [0.5, 0.6) is 0 Å². The van der Waals surface area contributed by atoms with Crippen LogP contribution >= 0.6 is 31.9 Å². The Morgan fingerprint density at radius 2 is 2.28 bits per heavy atom. The topological polar surface area (TPSA) is 33.2 Å². The van der Waals surface area contributed by atoms with Gasteiger partial charge in [0.25, 0.3) is 5.91 Å². The van der Waals surface area contributed by atoms with Crippen molar-refractivity contribution in [3.63, 3.8) is 0 Å². The minimum absolute atomic E-state index is 0.0631. The number of halogens is 2. The zero-order valence-corrected chi connectivity index (χ0v) is 13.3. The fraction of sp³-hybridized carbons (Fsp3) is 0.538. The van der Waals surface area contributed by atoms with Crippen molar-refractivity contribution in [2.75, 3.05) is 11.9 Å². The number of likely N-dealkylation sites (tertiary alicyclic amines) is 1. The van der Waals surface area contributed by atoms with E-state index in [4.69, 9.17) is 0 Å². The molecule has 5 heteroatoms. The quantitative estimate of drug-likeness (QED) is 0.756. The molecule has 2 heterocycles. The highest BCUT2D eigenvalue weighted by Crippen LogP contribution is 2.22. The Morgan fingerprint density at radius 1 is 1.44 bits per heavy atom. The molecule has 1 aromatic heterocycles. The summed E-state index contributed by atoms with van der Waals surface area (Å²) in [4.78, 5) is 18.6. The monoisotopic (exact) mass is 374 g/mol. The van der Waals surface area contributed by atoms with Gasteiger partial charge in [0.1, 0.15) is 5.69 Å². The van der Waals surface area contributed by atoms with Gasteiger partial charge in [0, 0.05) is 28.6 Å². The van der Waals surface area contributed by atoms with Crippen LogP contribution < -0.4 is 0 Å². The van der Waals surface area contributed by atoms with E-state index in [9.17, 15) is 4.79 Å². The molecule has 1 saturated heterocycles. The largest absolute Gasteiger partial charge is 0.334 e. The van der Waals surface area contributed by atoms with Gasteiger partial charge in [-0.05, 0) is 53.7 Å². The van der Waals surface area contributed by atoms with Crippen molar-refractivity contribution in [1.82, 2.24) is 9.88 Å². The summed E-state index contributed by atoms with van der Waals surface area (Å²) >= 11 is 6.80. The van der Waals surface area contributed by atoms with Crippen LogP contribution in [-0.2, 0) is 0 Å². The van der Waals surface area contributed by atoms with Crippen molar-refractivity contribution in [2.24, 2.45) is 0 Å². The number of hydrogen-bond acceptors (Lipinski definition) is 2. The highest BCUT2D eigenvalue weighted by Gasteiger charge is 2.27. The molecule has 0 spiro atoms. The van der Waals surface area contributed by atoms with E-state index in [0.29, 0.717) is 11.7 Å². The summed E-state index contributed by atoms with van der Waals surface area (Å²) in [6.45, 7) is 0.855. The molecular weight excluding hydrogens is 360 g/mol. The van der Waals surface area contributed by atoms with E-state index in [1.54, 1.807) is 12.3 Å². The average molecular weight is 376 g/mol. The number of aromatic nitrogens is 1. The van der Waals surface area contributed by atoms with Gasteiger partial charge in [-0.1, -0.05) is 15.9 Å². The molecule has 2 rings (SSSR count). The molecule has 1 unspecified atom stereocenters. The molecule has 0 bridgehead atoms. The van der Waals surface area contributed by atoms with Gasteiger partial charge in [-0.25, -0.2) is 4.98 Å². The number of carbonyl (C=O) groups excluding carboxylic acids is 1. The summed E-state index contributed by atoms with van der Waals surface area (Å²) in [6.07, 6.45) is 6.11. The Bertz CT molecular complexity index is 406. The smallest absolute Gasteiger partial charge is 0.272 e. The predicted molar refractivity (Wildman–Crippen MR) is 79.0 cm³/mol. The van der Waals surface area contributed by atoms with Gasteiger partial charge in [0.15, 0.2) is 0 Å². The van der Waals surface area contributed by atoms with Gasteiger partial charge in [-0.3, -0.25) is 4.79 Å². The molecule has 1 atom stereocenters. The molecule has 1 fully saturated rings. The molecule has 3 nitrogen and oxygen atoms in total. The zero-order valence-electron chi connectivity index (χ0n) is 10.1. The lowest BCUT2D eigenvalue weighted by molar-refractivity contribution is 0.0604. The Labute approximate surface area is 124 Å². The number of piperidine rings is 1. The van der Waals surface area contributed by atoms with Gasteiger partial charge < -0.3 is 4.90 Å². The van der Waals surface area contributed by atoms with Crippen LogP contribution in [0.25, 0.3) is 0 Å². The van der Waals surface area contributed by atoms with E-state index in [0.717, 1.165) is 35.6 Å². The maximum absolute atomic E-state index is 12.4. The molecule has 1 aliphatic heterocycles. The summed E-state index contributed by atoms with van der Waals surface area (Å²) in [5.41, 5.74) is 0.541. The highest BCUT2D eigenvalue weighted by molar-refractivity contribution is 9.10. The van der Waals surface area contributed by atoms with Gasteiger partial charge in [0.2, 0.25) is 0 Å². The summed E-state index contributed by atoms with van der Waals surface area (Å²) in [5, 5.41) is 0.940. The van der Waals surface area contributed by atoms with Crippen LogP contribution in [0.1, 0.15) is 36.2 Å². The lowest BCUT2D eigenvalue weighted by Crippen LogP contribution is -2.44.